The molecule has 1 atom stereocenters. The van der Waals surface area contributed by atoms with Crippen LogP contribution < -0.4 is 5.73 Å². The Hall–Kier alpha value is -0.950. The van der Waals surface area contributed by atoms with Crippen molar-refractivity contribution in [2.75, 3.05) is 20.6 Å². The average molecular weight is 359 g/mol. The molecule has 0 aromatic carbocycles. The fourth-order valence-electron chi connectivity index (χ4n) is 1.91. The van der Waals surface area contributed by atoms with Gasteiger partial charge in [0.1, 0.15) is 0 Å². The third-order valence-corrected chi connectivity index (χ3v) is 3.90. The fourth-order valence-corrected chi connectivity index (χ4v) is 2.69. The molecule has 0 fully saturated rings. The Kier molecular flexibility index (Phi) is 5.15. The highest BCUT2D eigenvalue weighted by molar-refractivity contribution is 9.10. The molecule has 2 aromatic rings. The van der Waals surface area contributed by atoms with Crippen LogP contribution in [0.1, 0.15) is 17.4 Å². The SMILES string of the molecule is CN(C)CCn1ncc(Br)c1C(N)c1ncccc1Cl. The second-order valence-corrected chi connectivity index (χ2v) is 6.01. The van der Waals surface area contributed by atoms with Crippen LogP contribution in [-0.4, -0.2) is 40.3 Å². The van der Waals surface area contributed by atoms with Gasteiger partial charge in [0.25, 0.3) is 0 Å². The van der Waals surface area contributed by atoms with Gasteiger partial charge in [-0.2, -0.15) is 5.10 Å². The van der Waals surface area contributed by atoms with E-state index in [2.05, 4.69) is 30.9 Å². The number of aromatic nitrogens is 3. The Bertz CT molecular complexity index is 584. The summed E-state index contributed by atoms with van der Waals surface area (Å²) in [5.41, 5.74) is 7.85. The first-order valence-corrected chi connectivity index (χ1v) is 7.39. The zero-order chi connectivity index (χ0) is 14.7. The largest absolute Gasteiger partial charge is 0.318 e. The molecule has 0 saturated carbocycles. The fraction of sp³-hybridized carbons (Fsp3) is 0.385. The zero-order valence-electron chi connectivity index (χ0n) is 11.4. The van der Waals surface area contributed by atoms with Crippen LogP contribution in [0.5, 0.6) is 0 Å². The van der Waals surface area contributed by atoms with Gasteiger partial charge in [-0.1, -0.05) is 11.6 Å². The molecule has 2 rings (SSSR count). The summed E-state index contributed by atoms with van der Waals surface area (Å²) in [7, 11) is 4.04. The molecular weight excluding hydrogens is 342 g/mol. The van der Waals surface area contributed by atoms with E-state index in [9.17, 15) is 0 Å². The van der Waals surface area contributed by atoms with Crippen molar-refractivity contribution in [2.24, 2.45) is 5.73 Å². The molecule has 20 heavy (non-hydrogen) atoms. The minimum Gasteiger partial charge on any atom is -0.318 e. The molecule has 0 aliphatic carbocycles. The molecular formula is C13H17BrClN5. The van der Waals surface area contributed by atoms with Crippen molar-refractivity contribution in [3.05, 3.63) is 45.4 Å². The number of likely N-dealkylation sites (N-methyl/N-ethyl adjacent to an activating group) is 1. The molecule has 2 N–H and O–H groups in total. The smallest absolute Gasteiger partial charge is 0.0923 e. The number of hydrogen-bond donors (Lipinski definition) is 1. The minimum atomic E-state index is -0.414. The number of rotatable bonds is 5. The van der Waals surface area contributed by atoms with E-state index in [-0.39, 0.29) is 0 Å². The summed E-state index contributed by atoms with van der Waals surface area (Å²) in [5, 5.41) is 4.92. The van der Waals surface area contributed by atoms with Crippen LogP contribution >= 0.6 is 27.5 Å². The highest BCUT2D eigenvalue weighted by Gasteiger charge is 2.21. The van der Waals surface area contributed by atoms with Crippen molar-refractivity contribution in [3.8, 4) is 0 Å². The molecule has 5 nitrogen and oxygen atoms in total. The zero-order valence-corrected chi connectivity index (χ0v) is 13.8. The van der Waals surface area contributed by atoms with Crippen molar-refractivity contribution >= 4 is 27.5 Å². The van der Waals surface area contributed by atoms with E-state index in [1.807, 2.05) is 18.8 Å². The molecule has 0 amide bonds. The van der Waals surface area contributed by atoms with Crippen molar-refractivity contribution < 1.29 is 0 Å². The predicted molar refractivity (Wildman–Crippen MR) is 83.8 cm³/mol. The molecule has 1 unspecified atom stereocenters. The van der Waals surface area contributed by atoms with Gasteiger partial charge >= 0.3 is 0 Å². The van der Waals surface area contributed by atoms with Gasteiger partial charge in [0, 0.05) is 12.7 Å². The molecule has 0 aliphatic rings. The summed E-state index contributed by atoms with van der Waals surface area (Å²) in [6, 6.07) is 3.16. The van der Waals surface area contributed by atoms with Crippen LogP contribution in [0.2, 0.25) is 5.02 Å². The first kappa shape index (κ1) is 15.4. The van der Waals surface area contributed by atoms with Crippen LogP contribution in [0.3, 0.4) is 0 Å². The van der Waals surface area contributed by atoms with Crippen LogP contribution in [0, 0.1) is 0 Å². The highest BCUT2D eigenvalue weighted by atomic mass is 79.9. The maximum Gasteiger partial charge on any atom is 0.0923 e. The molecule has 0 saturated heterocycles. The Labute approximate surface area is 131 Å². The highest BCUT2D eigenvalue weighted by Crippen LogP contribution is 2.29. The summed E-state index contributed by atoms with van der Waals surface area (Å²) in [6.45, 7) is 1.63. The molecule has 2 heterocycles. The van der Waals surface area contributed by atoms with Gasteiger partial charge in [-0.25, -0.2) is 0 Å². The molecule has 0 radical (unpaired) electrons. The van der Waals surface area contributed by atoms with Crippen molar-refractivity contribution in [1.82, 2.24) is 19.7 Å². The summed E-state index contributed by atoms with van der Waals surface area (Å²) >= 11 is 9.67. The van der Waals surface area contributed by atoms with Gasteiger partial charge in [0.15, 0.2) is 0 Å². The van der Waals surface area contributed by atoms with E-state index < -0.39 is 6.04 Å². The van der Waals surface area contributed by atoms with Gasteiger partial charge < -0.3 is 10.6 Å². The molecule has 0 aliphatic heterocycles. The summed E-state index contributed by atoms with van der Waals surface area (Å²) < 4.78 is 2.75. The maximum absolute atomic E-state index is 6.32. The normalized spacial score (nSPS) is 12.9. The van der Waals surface area contributed by atoms with Crippen LogP contribution in [0.4, 0.5) is 0 Å². The number of hydrogen-bond acceptors (Lipinski definition) is 4. The van der Waals surface area contributed by atoms with E-state index >= 15 is 0 Å². The lowest BCUT2D eigenvalue weighted by molar-refractivity contribution is 0.367. The van der Waals surface area contributed by atoms with Crippen LogP contribution in [0.15, 0.2) is 29.0 Å². The number of nitrogens with two attached hydrogens (primary N) is 1. The second-order valence-electron chi connectivity index (χ2n) is 4.75. The number of nitrogens with zero attached hydrogens (tertiary/aromatic N) is 4. The molecule has 2 aromatic heterocycles. The number of halogens is 2. The van der Waals surface area contributed by atoms with Crippen LogP contribution in [0.25, 0.3) is 0 Å². The van der Waals surface area contributed by atoms with Crippen molar-refractivity contribution in [3.63, 3.8) is 0 Å². The first-order chi connectivity index (χ1) is 9.50. The third kappa shape index (κ3) is 3.38. The number of pyridine rings is 1. The van der Waals surface area contributed by atoms with Gasteiger partial charge in [0.05, 0.1) is 39.7 Å². The van der Waals surface area contributed by atoms with Crippen LogP contribution in [-0.2, 0) is 6.54 Å². The quantitative estimate of drug-likeness (QED) is 0.891. The Morgan fingerprint density at radius 1 is 1.50 bits per heavy atom. The van der Waals surface area contributed by atoms with E-state index in [0.717, 1.165) is 23.3 Å². The Morgan fingerprint density at radius 2 is 2.25 bits per heavy atom. The predicted octanol–water partition coefficient (Wildman–Crippen LogP) is 2.30. The first-order valence-electron chi connectivity index (χ1n) is 6.22. The van der Waals surface area contributed by atoms with Crippen molar-refractivity contribution in [2.45, 2.75) is 12.6 Å². The van der Waals surface area contributed by atoms with Gasteiger partial charge in [-0.15, -0.1) is 0 Å². The molecule has 108 valence electrons. The lowest BCUT2D eigenvalue weighted by Gasteiger charge is -2.17. The molecule has 0 spiro atoms. The monoisotopic (exact) mass is 357 g/mol. The third-order valence-electron chi connectivity index (χ3n) is 2.97. The minimum absolute atomic E-state index is 0.414. The van der Waals surface area contributed by atoms with E-state index in [1.165, 1.54) is 0 Å². The lowest BCUT2D eigenvalue weighted by atomic mass is 10.1. The standard InChI is InChI=1S/C13H17BrClN5/c1-19(2)6-7-20-13(9(14)8-18-20)11(16)12-10(15)4-3-5-17-12/h3-5,8,11H,6-7,16H2,1-2H3. The summed E-state index contributed by atoms with van der Waals surface area (Å²) in [6.07, 6.45) is 3.44. The van der Waals surface area contributed by atoms with E-state index in [0.29, 0.717) is 10.7 Å². The van der Waals surface area contributed by atoms with Gasteiger partial charge in [-0.05, 0) is 42.2 Å². The molecule has 7 heteroatoms. The summed E-state index contributed by atoms with van der Waals surface area (Å²) in [4.78, 5) is 6.38. The second kappa shape index (κ2) is 6.67. The molecule has 0 bridgehead atoms. The van der Waals surface area contributed by atoms with Gasteiger partial charge in [-0.3, -0.25) is 9.67 Å². The van der Waals surface area contributed by atoms with Crippen molar-refractivity contribution in [1.29, 1.82) is 0 Å². The maximum atomic E-state index is 6.32. The van der Waals surface area contributed by atoms with E-state index in [1.54, 1.807) is 24.5 Å². The Balaban J connectivity index is 2.32. The lowest BCUT2D eigenvalue weighted by Crippen LogP contribution is -2.24. The Morgan fingerprint density at radius 3 is 2.90 bits per heavy atom. The average Bonchev–Trinajstić information content (AvgIpc) is 2.77. The van der Waals surface area contributed by atoms with Gasteiger partial charge in [0.2, 0.25) is 0 Å². The summed E-state index contributed by atoms with van der Waals surface area (Å²) in [5.74, 6) is 0. The van der Waals surface area contributed by atoms with E-state index in [4.69, 9.17) is 17.3 Å². The topological polar surface area (TPSA) is 60.0 Å².